The van der Waals surface area contributed by atoms with Crippen molar-refractivity contribution in [3.63, 3.8) is 0 Å². The van der Waals surface area contributed by atoms with Crippen molar-refractivity contribution in [3.05, 3.63) is 71.3 Å². The molecule has 0 bridgehead atoms. The minimum absolute atomic E-state index is 0.340. The van der Waals surface area contributed by atoms with Gasteiger partial charge in [0, 0.05) is 0 Å². The number of imide groups is 1. The zero-order valence-corrected chi connectivity index (χ0v) is 10.6. The molecule has 4 heteroatoms. The zero-order chi connectivity index (χ0) is 14.1. The predicted molar refractivity (Wildman–Crippen MR) is 72.1 cm³/mol. The summed E-state index contributed by atoms with van der Waals surface area (Å²) in [4.78, 5) is 25.7. The molecule has 2 amide bonds. The van der Waals surface area contributed by atoms with Gasteiger partial charge in [-0.2, -0.15) is 0 Å². The van der Waals surface area contributed by atoms with E-state index in [1.165, 1.54) is 0 Å². The summed E-state index contributed by atoms with van der Waals surface area (Å²) in [5, 5.41) is 0. The molecule has 1 aliphatic heterocycles. The smallest absolute Gasteiger partial charge is 0.262 e. The molecular formula is C16H12FNO2. The SMILES string of the molecule is O=C1c2ccccc2C(=O)N1[C@H](CF)c1ccccc1. The molecule has 3 rings (SSSR count). The van der Waals surface area contributed by atoms with E-state index in [9.17, 15) is 14.0 Å². The van der Waals surface area contributed by atoms with Crippen LogP contribution in [0.4, 0.5) is 4.39 Å². The molecule has 0 spiro atoms. The first-order chi connectivity index (χ1) is 9.74. The molecule has 0 N–H and O–H groups in total. The fourth-order valence-electron chi connectivity index (χ4n) is 2.47. The summed E-state index contributed by atoms with van der Waals surface area (Å²) in [5.41, 5.74) is 1.29. The monoisotopic (exact) mass is 269 g/mol. The summed E-state index contributed by atoms with van der Waals surface area (Å²) in [6.45, 7) is -0.796. The van der Waals surface area contributed by atoms with Crippen LogP contribution in [0.3, 0.4) is 0 Å². The van der Waals surface area contributed by atoms with E-state index < -0.39 is 24.5 Å². The second-order valence-corrected chi connectivity index (χ2v) is 4.61. The van der Waals surface area contributed by atoms with Gasteiger partial charge in [0.1, 0.15) is 6.67 Å². The molecule has 0 aliphatic carbocycles. The Hall–Kier alpha value is -2.49. The fraction of sp³-hybridized carbons (Fsp3) is 0.125. The molecule has 3 nitrogen and oxygen atoms in total. The van der Waals surface area contributed by atoms with Gasteiger partial charge in [-0.3, -0.25) is 14.5 Å². The van der Waals surface area contributed by atoms with Gasteiger partial charge in [-0.1, -0.05) is 42.5 Å². The highest BCUT2D eigenvalue weighted by molar-refractivity contribution is 6.21. The van der Waals surface area contributed by atoms with E-state index in [-0.39, 0.29) is 0 Å². The molecule has 1 heterocycles. The van der Waals surface area contributed by atoms with Crippen molar-refractivity contribution in [3.8, 4) is 0 Å². The van der Waals surface area contributed by atoms with E-state index in [1.54, 1.807) is 54.6 Å². The second kappa shape index (κ2) is 4.89. The molecule has 100 valence electrons. The van der Waals surface area contributed by atoms with Gasteiger partial charge in [0.2, 0.25) is 0 Å². The Morgan fingerprint density at radius 2 is 1.35 bits per heavy atom. The van der Waals surface area contributed by atoms with Crippen molar-refractivity contribution in [1.82, 2.24) is 4.90 Å². The first-order valence-corrected chi connectivity index (χ1v) is 6.32. The number of amides is 2. The number of rotatable bonds is 3. The summed E-state index contributed by atoms with van der Waals surface area (Å²) in [6, 6.07) is 14.5. The first kappa shape index (κ1) is 12.5. The van der Waals surface area contributed by atoms with Crippen molar-refractivity contribution in [2.75, 3.05) is 6.67 Å². The molecule has 2 aromatic carbocycles. The Morgan fingerprint density at radius 1 is 0.850 bits per heavy atom. The molecular weight excluding hydrogens is 257 g/mol. The topological polar surface area (TPSA) is 37.4 Å². The highest BCUT2D eigenvalue weighted by Gasteiger charge is 2.40. The zero-order valence-electron chi connectivity index (χ0n) is 10.6. The number of hydrogen-bond acceptors (Lipinski definition) is 2. The molecule has 0 saturated carbocycles. The van der Waals surface area contributed by atoms with Crippen molar-refractivity contribution in [2.45, 2.75) is 6.04 Å². The van der Waals surface area contributed by atoms with E-state index in [4.69, 9.17) is 0 Å². The van der Waals surface area contributed by atoms with E-state index >= 15 is 0 Å². The molecule has 20 heavy (non-hydrogen) atoms. The third kappa shape index (κ3) is 1.81. The second-order valence-electron chi connectivity index (χ2n) is 4.61. The lowest BCUT2D eigenvalue weighted by Gasteiger charge is -2.23. The Bertz CT molecular complexity index is 634. The summed E-state index contributed by atoms with van der Waals surface area (Å²) >= 11 is 0. The number of halogens is 1. The molecule has 1 aliphatic rings. The van der Waals surface area contributed by atoms with Crippen molar-refractivity contribution < 1.29 is 14.0 Å². The number of carbonyl (C=O) groups excluding carboxylic acids is 2. The van der Waals surface area contributed by atoms with Gasteiger partial charge in [-0.15, -0.1) is 0 Å². The van der Waals surface area contributed by atoms with Gasteiger partial charge in [-0.25, -0.2) is 4.39 Å². The van der Waals surface area contributed by atoms with Crippen LogP contribution in [0.25, 0.3) is 0 Å². The third-order valence-electron chi connectivity index (χ3n) is 3.47. The number of alkyl halides is 1. The van der Waals surface area contributed by atoms with E-state index in [0.29, 0.717) is 16.7 Å². The maximum absolute atomic E-state index is 13.4. The molecule has 0 unspecified atom stereocenters. The van der Waals surface area contributed by atoms with Crippen molar-refractivity contribution in [2.24, 2.45) is 0 Å². The lowest BCUT2D eigenvalue weighted by atomic mass is 10.1. The maximum Gasteiger partial charge on any atom is 0.262 e. The largest absolute Gasteiger partial charge is 0.269 e. The summed E-state index contributed by atoms with van der Waals surface area (Å²) in [7, 11) is 0. The number of nitrogens with zero attached hydrogens (tertiary/aromatic N) is 1. The van der Waals surface area contributed by atoms with Gasteiger partial charge in [-0.05, 0) is 17.7 Å². The lowest BCUT2D eigenvalue weighted by Crippen LogP contribution is -2.35. The van der Waals surface area contributed by atoms with Gasteiger partial charge in [0.15, 0.2) is 0 Å². The Balaban J connectivity index is 2.03. The average Bonchev–Trinajstić information content (AvgIpc) is 2.75. The number of carbonyl (C=O) groups is 2. The van der Waals surface area contributed by atoms with Crippen LogP contribution in [0, 0.1) is 0 Å². The van der Waals surface area contributed by atoms with Gasteiger partial charge >= 0.3 is 0 Å². The molecule has 2 aromatic rings. The molecule has 0 saturated heterocycles. The Kier molecular flexibility index (Phi) is 3.06. The highest BCUT2D eigenvalue weighted by atomic mass is 19.1. The molecule has 0 radical (unpaired) electrons. The van der Waals surface area contributed by atoms with Crippen LogP contribution in [-0.4, -0.2) is 23.4 Å². The Morgan fingerprint density at radius 3 is 1.85 bits per heavy atom. The quantitative estimate of drug-likeness (QED) is 0.803. The predicted octanol–water partition coefficient (Wildman–Crippen LogP) is 2.99. The first-order valence-electron chi connectivity index (χ1n) is 6.32. The highest BCUT2D eigenvalue weighted by Crippen LogP contribution is 2.31. The van der Waals surface area contributed by atoms with Crippen LogP contribution < -0.4 is 0 Å². The van der Waals surface area contributed by atoms with Crippen molar-refractivity contribution in [1.29, 1.82) is 0 Å². The van der Waals surface area contributed by atoms with E-state index in [0.717, 1.165) is 4.90 Å². The van der Waals surface area contributed by atoms with Crippen LogP contribution in [0.5, 0.6) is 0 Å². The third-order valence-corrected chi connectivity index (χ3v) is 3.47. The minimum atomic E-state index is -0.872. The standard InChI is InChI=1S/C16H12FNO2/c17-10-14(11-6-2-1-3-7-11)18-15(19)12-8-4-5-9-13(12)16(18)20/h1-9,14H,10H2/t14-/m1/s1. The van der Waals surface area contributed by atoms with Gasteiger partial charge in [0.05, 0.1) is 17.2 Å². The molecule has 0 aromatic heterocycles. The summed E-state index contributed by atoms with van der Waals surface area (Å²) < 4.78 is 13.4. The lowest BCUT2D eigenvalue weighted by molar-refractivity contribution is 0.0557. The van der Waals surface area contributed by atoms with Crippen LogP contribution in [0.15, 0.2) is 54.6 Å². The number of hydrogen-bond donors (Lipinski definition) is 0. The van der Waals surface area contributed by atoms with E-state index in [2.05, 4.69) is 0 Å². The Labute approximate surface area is 115 Å². The van der Waals surface area contributed by atoms with Crippen LogP contribution in [0.1, 0.15) is 32.3 Å². The van der Waals surface area contributed by atoms with Crippen LogP contribution >= 0.6 is 0 Å². The average molecular weight is 269 g/mol. The number of benzene rings is 2. The molecule has 1 atom stereocenters. The maximum atomic E-state index is 13.4. The van der Waals surface area contributed by atoms with Crippen LogP contribution in [0.2, 0.25) is 0 Å². The van der Waals surface area contributed by atoms with Gasteiger partial charge < -0.3 is 0 Å². The normalized spacial score (nSPS) is 15.3. The fourth-order valence-corrected chi connectivity index (χ4v) is 2.47. The van der Waals surface area contributed by atoms with Crippen LogP contribution in [-0.2, 0) is 0 Å². The summed E-state index contributed by atoms with van der Waals surface area (Å²) in [5.74, 6) is -0.866. The number of fused-ring (bicyclic) bond motifs is 1. The molecule has 0 fully saturated rings. The van der Waals surface area contributed by atoms with Crippen molar-refractivity contribution >= 4 is 11.8 Å². The summed E-state index contributed by atoms with van der Waals surface area (Å²) in [6.07, 6.45) is 0. The van der Waals surface area contributed by atoms with Gasteiger partial charge in [0.25, 0.3) is 11.8 Å². The minimum Gasteiger partial charge on any atom is -0.269 e. The van der Waals surface area contributed by atoms with E-state index in [1.807, 2.05) is 0 Å².